The number of amides is 1. The Morgan fingerprint density at radius 2 is 1.62 bits per heavy atom. The summed E-state index contributed by atoms with van der Waals surface area (Å²) < 4.78 is 45.9. The summed E-state index contributed by atoms with van der Waals surface area (Å²) in [6.07, 6.45) is 2.61. The first-order chi connectivity index (χ1) is 23.2. The minimum Gasteiger partial charge on any atom is -0.485 e. The van der Waals surface area contributed by atoms with E-state index in [9.17, 15) is 18.8 Å². The van der Waals surface area contributed by atoms with Crippen LogP contribution in [-0.2, 0) is 30.5 Å². The Bertz CT molecular complexity index is 1620. The number of nitrogens with zero attached hydrogens (tertiary/aromatic N) is 3. The standard InChI is InChI=1S/C37H43F2N3O6/c1-4-46-35(44)22-34(43)42-17-11-25(12-18-42)27-9-10-28(24(3)19-27)23-48-36-30(20-29(38)21-31(36)39)32-7-6-8-33(40-32)41-15-13-26(14-16-41)37(45)47-5-2/h6-10,19-21,25-26H,4-5,11-18,22-23H2,1-3H3. The van der Waals surface area contributed by atoms with Crippen molar-refractivity contribution in [1.82, 2.24) is 9.88 Å². The highest BCUT2D eigenvalue weighted by Gasteiger charge is 2.28. The van der Waals surface area contributed by atoms with E-state index in [0.29, 0.717) is 57.1 Å². The van der Waals surface area contributed by atoms with Gasteiger partial charge in [-0.25, -0.2) is 13.8 Å². The lowest BCUT2D eigenvalue weighted by Crippen LogP contribution is -2.39. The van der Waals surface area contributed by atoms with Gasteiger partial charge in [-0.3, -0.25) is 14.4 Å². The molecule has 0 atom stereocenters. The number of likely N-dealkylation sites (tertiary alicyclic amines) is 1. The maximum absolute atomic E-state index is 15.2. The lowest BCUT2D eigenvalue weighted by molar-refractivity contribution is -0.150. The number of benzene rings is 2. The molecule has 2 aromatic carbocycles. The molecular formula is C37H43F2N3O6. The molecule has 9 nitrogen and oxygen atoms in total. The van der Waals surface area contributed by atoms with Gasteiger partial charge in [-0.15, -0.1) is 0 Å². The molecule has 11 heteroatoms. The molecule has 2 fully saturated rings. The van der Waals surface area contributed by atoms with Crippen molar-refractivity contribution in [3.63, 3.8) is 0 Å². The number of carbonyl (C=O) groups is 3. The zero-order chi connectivity index (χ0) is 34.2. The predicted octanol–water partition coefficient (Wildman–Crippen LogP) is 6.35. The van der Waals surface area contributed by atoms with Gasteiger partial charge in [-0.05, 0) is 87.3 Å². The molecule has 2 saturated heterocycles. The van der Waals surface area contributed by atoms with Crippen LogP contribution in [-0.4, -0.2) is 67.1 Å². The van der Waals surface area contributed by atoms with Crippen molar-refractivity contribution >= 4 is 23.7 Å². The molecule has 0 saturated carbocycles. The molecule has 1 amide bonds. The number of hydrogen-bond donors (Lipinski definition) is 0. The normalized spacial score (nSPS) is 15.7. The van der Waals surface area contributed by atoms with Crippen molar-refractivity contribution in [2.24, 2.45) is 5.92 Å². The van der Waals surface area contributed by atoms with E-state index in [1.54, 1.807) is 30.9 Å². The van der Waals surface area contributed by atoms with Crippen molar-refractivity contribution in [1.29, 1.82) is 0 Å². The van der Waals surface area contributed by atoms with E-state index in [4.69, 9.17) is 19.2 Å². The number of halogens is 2. The number of anilines is 1. The number of esters is 2. The van der Waals surface area contributed by atoms with Gasteiger partial charge in [0.05, 0.1) is 24.8 Å². The van der Waals surface area contributed by atoms with Crippen molar-refractivity contribution in [2.75, 3.05) is 44.3 Å². The van der Waals surface area contributed by atoms with Crippen LogP contribution in [0.5, 0.6) is 5.75 Å². The first kappa shape index (κ1) is 34.8. The second kappa shape index (κ2) is 16.0. The minimum atomic E-state index is -0.814. The highest BCUT2D eigenvalue weighted by Crippen LogP contribution is 2.35. The summed E-state index contributed by atoms with van der Waals surface area (Å²) in [4.78, 5) is 44.8. The summed E-state index contributed by atoms with van der Waals surface area (Å²) in [7, 11) is 0. The van der Waals surface area contributed by atoms with Crippen LogP contribution in [0.4, 0.5) is 14.6 Å². The van der Waals surface area contributed by atoms with Crippen LogP contribution in [0.2, 0.25) is 0 Å². The average Bonchev–Trinajstić information content (AvgIpc) is 3.08. The molecule has 0 aliphatic carbocycles. The second-order valence-electron chi connectivity index (χ2n) is 12.3. The lowest BCUT2D eigenvalue weighted by Gasteiger charge is -2.32. The minimum absolute atomic E-state index is 0.0730. The number of carbonyl (C=O) groups excluding carboxylic acids is 3. The zero-order valence-electron chi connectivity index (χ0n) is 27.8. The molecule has 2 aliphatic heterocycles. The summed E-state index contributed by atoms with van der Waals surface area (Å²) >= 11 is 0. The van der Waals surface area contributed by atoms with Gasteiger partial charge in [-0.2, -0.15) is 0 Å². The number of hydrogen-bond acceptors (Lipinski definition) is 8. The highest BCUT2D eigenvalue weighted by molar-refractivity contribution is 5.94. The van der Waals surface area contributed by atoms with Crippen LogP contribution in [0.1, 0.15) is 68.6 Å². The van der Waals surface area contributed by atoms with Crippen LogP contribution < -0.4 is 9.64 Å². The fourth-order valence-corrected chi connectivity index (χ4v) is 6.45. The molecular weight excluding hydrogens is 620 g/mol. The Kier molecular flexibility index (Phi) is 11.6. The quantitative estimate of drug-likeness (QED) is 0.173. The first-order valence-electron chi connectivity index (χ1n) is 16.7. The summed E-state index contributed by atoms with van der Waals surface area (Å²) in [5.74, 6) is -1.73. The van der Waals surface area contributed by atoms with Crippen molar-refractivity contribution < 1.29 is 37.4 Å². The third-order valence-corrected chi connectivity index (χ3v) is 9.12. The highest BCUT2D eigenvalue weighted by atomic mass is 19.1. The third kappa shape index (κ3) is 8.48. The number of pyridine rings is 1. The van der Waals surface area contributed by atoms with Crippen LogP contribution >= 0.6 is 0 Å². The van der Waals surface area contributed by atoms with Crippen LogP contribution in [0.25, 0.3) is 11.3 Å². The maximum Gasteiger partial charge on any atom is 0.315 e. The summed E-state index contributed by atoms with van der Waals surface area (Å²) in [6.45, 7) is 8.53. The van der Waals surface area contributed by atoms with Crippen molar-refractivity contribution in [3.8, 4) is 17.0 Å². The number of rotatable bonds is 11. The molecule has 0 N–H and O–H groups in total. The molecule has 256 valence electrons. The van der Waals surface area contributed by atoms with E-state index >= 15 is 4.39 Å². The van der Waals surface area contributed by atoms with Gasteiger partial charge in [0.25, 0.3) is 0 Å². The van der Waals surface area contributed by atoms with Gasteiger partial charge >= 0.3 is 11.9 Å². The van der Waals surface area contributed by atoms with Crippen molar-refractivity contribution in [3.05, 3.63) is 76.9 Å². The van der Waals surface area contributed by atoms with Gasteiger partial charge in [0.15, 0.2) is 11.6 Å². The molecule has 0 bridgehead atoms. The van der Waals surface area contributed by atoms with E-state index in [-0.39, 0.29) is 54.7 Å². The number of piperidine rings is 2. The fraction of sp³-hybridized carbons (Fsp3) is 0.459. The Labute approximate surface area is 280 Å². The van der Waals surface area contributed by atoms with E-state index in [2.05, 4.69) is 11.0 Å². The zero-order valence-corrected chi connectivity index (χ0v) is 27.8. The van der Waals surface area contributed by atoms with E-state index in [1.165, 1.54) is 6.07 Å². The van der Waals surface area contributed by atoms with Gasteiger partial charge in [-0.1, -0.05) is 24.3 Å². The van der Waals surface area contributed by atoms with Gasteiger partial charge in [0.1, 0.15) is 24.7 Å². The Balaban J connectivity index is 1.24. The predicted molar refractivity (Wildman–Crippen MR) is 176 cm³/mol. The fourth-order valence-electron chi connectivity index (χ4n) is 6.45. The molecule has 5 rings (SSSR count). The number of ether oxygens (including phenoxy) is 3. The first-order valence-corrected chi connectivity index (χ1v) is 16.7. The Hall–Kier alpha value is -4.54. The monoisotopic (exact) mass is 663 g/mol. The molecule has 1 aromatic heterocycles. The van der Waals surface area contributed by atoms with Crippen LogP contribution in [0, 0.1) is 24.5 Å². The summed E-state index contributed by atoms with van der Waals surface area (Å²) in [5.41, 5.74) is 3.59. The van der Waals surface area contributed by atoms with Crippen LogP contribution in [0.3, 0.4) is 0 Å². The molecule has 0 unspecified atom stereocenters. The van der Waals surface area contributed by atoms with E-state index < -0.39 is 17.6 Å². The number of aromatic nitrogens is 1. The third-order valence-electron chi connectivity index (χ3n) is 9.12. The molecule has 2 aliphatic rings. The van der Waals surface area contributed by atoms with Crippen LogP contribution in [0.15, 0.2) is 48.5 Å². The SMILES string of the molecule is CCOC(=O)CC(=O)N1CCC(c2ccc(COc3c(F)cc(F)cc3-c3cccc(N4CCC(C(=O)OCC)CC4)n3)c(C)c2)CC1. The molecule has 48 heavy (non-hydrogen) atoms. The number of aryl methyl sites for hydroxylation is 1. The molecule has 3 aromatic rings. The molecule has 3 heterocycles. The van der Waals surface area contributed by atoms with Gasteiger partial charge in [0, 0.05) is 37.8 Å². The van der Waals surface area contributed by atoms with E-state index in [0.717, 1.165) is 35.6 Å². The summed E-state index contributed by atoms with van der Waals surface area (Å²) in [5, 5.41) is 0. The topological polar surface area (TPSA) is 98.3 Å². The molecule has 0 radical (unpaired) electrons. The maximum atomic E-state index is 15.2. The van der Waals surface area contributed by atoms with Gasteiger partial charge in [0.2, 0.25) is 5.91 Å². The molecule has 0 spiro atoms. The second-order valence-corrected chi connectivity index (χ2v) is 12.3. The smallest absolute Gasteiger partial charge is 0.315 e. The largest absolute Gasteiger partial charge is 0.485 e. The summed E-state index contributed by atoms with van der Waals surface area (Å²) in [6, 6.07) is 13.5. The van der Waals surface area contributed by atoms with E-state index in [1.807, 2.05) is 25.1 Å². The average molecular weight is 664 g/mol. The van der Waals surface area contributed by atoms with Gasteiger partial charge < -0.3 is 24.0 Å². The Morgan fingerprint density at radius 1 is 0.896 bits per heavy atom. The van der Waals surface area contributed by atoms with Crippen molar-refractivity contribution in [2.45, 2.75) is 65.4 Å². The lowest BCUT2D eigenvalue weighted by atomic mass is 9.87. The Morgan fingerprint density at radius 3 is 2.31 bits per heavy atom.